The van der Waals surface area contributed by atoms with Crippen LogP contribution in [0.25, 0.3) is 0 Å². The second kappa shape index (κ2) is 7.15. The van der Waals surface area contributed by atoms with Gasteiger partial charge >= 0.3 is 0 Å². The van der Waals surface area contributed by atoms with Crippen LogP contribution in [0.4, 0.5) is 10.1 Å². The molecule has 9 heteroatoms. The summed E-state index contributed by atoms with van der Waals surface area (Å²) >= 11 is 2.96. The molecule has 0 radical (unpaired) electrons. The van der Waals surface area contributed by atoms with Gasteiger partial charge < -0.3 is 11.1 Å². The fourth-order valence-corrected chi connectivity index (χ4v) is 2.42. The van der Waals surface area contributed by atoms with Crippen molar-refractivity contribution < 1.29 is 14.1 Å². The number of hydrogen-bond donors (Lipinski definition) is 2. The highest BCUT2D eigenvalue weighted by Gasteiger charge is 2.29. The van der Waals surface area contributed by atoms with Crippen molar-refractivity contribution >= 4 is 39.9 Å². The van der Waals surface area contributed by atoms with Gasteiger partial charge in [0.25, 0.3) is 11.6 Å². The van der Waals surface area contributed by atoms with Crippen LogP contribution in [-0.2, 0) is 0 Å². The van der Waals surface area contributed by atoms with E-state index in [1.54, 1.807) is 0 Å². The molecular formula is C12H14BrClFN3O3. The van der Waals surface area contributed by atoms with Crippen LogP contribution < -0.4 is 11.1 Å². The maximum atomic E-state index is 13.3. The van der Waals surface area contributed by atoms with Gasteiger partial charge in [-0.05, 0) is 40.8 Å². The predicted molar refractivity (Wildman–Crippen MR) is 81.0 cm³/mol. The molecule has 0 bridgehead atoms. The molecule has 6 nitrogen and oxygen atoms in total. The molecule has 1 atom stereocenters. The summed E-state index contributed by atoms with van der Waals surface area (Å²) in [6.45, 7) is 0.264. The average Bonchev–Trinajstić information content (AvgIpc) is 3.21. The Kier molecular flexibility index (Phi) is 6.06. The van der Waals surface area contributed by atoms with E-state index in [4.69, 9.17) is 5.73 Å². The van der Waals surface area contributed by atoms with E-state index in [1.807, 2.05) is 0 Å². The molecule has 1 aliphatic carbocycles. The minimum atomic E-state index is -0.837. The Morgan fingerprint density at radius 1 is 1.57 bits per heavy atom. The zero-order chi connectivity index (χ0) is 14.9. The molecule has 0 heterocycles. The number of amides is 1. The molecule has 1 saturated carbocycles. The van der Waals surface area contributed by atoms with Crippen LogP contribution in [-0.4, -0.2) is 23.4 Å². The number of hydrogen-bond acceptors (Lipinski definition) is 4. The lowest BCUT2D eigenvalue weighted by Crippen LogP contribution is -2.38. The lowest BCUT2D eigenvalue weighted by atomic mass is 10.1. The Labute approximate surface area is 135 Å². The van der Waals surface area contributed by atoms with Gasteiger partial charge in [0.15, 0.2) is 0 Å². The third-order valence-corrected chi connectivity index (χ3v) is 4.02. The summed E-state index contributed by atoms with van der Waals surface area (Å²) in [4.78, 5) is 22.0. The van der Waals surface area contributed by atoms with E-state index in [9.17, 15) is 19.3 Å². The highest BCUT2D eigenvalue weighted by atomic mass is 79.9. The highest BCUT2D eigenvalue weighted by Crippen LogP contribution is 2.32. The molecule has 1 aromatic carbocycles. The van der Waals surface area contributed by atoms with Crippen LogP contribution in [0.2, 0.25) is 0 Å². The lowest BCUT2D eigenvalue weighted by Gasteiger charge is -2.12. The van der Waals surface area contributed by atoms with Gasteiger partial charge in [0.2, 0.25) is 0 Å². The maximum absolute atomic E-state index is 13.3. The van der Waals surface area contributed by atoms with Crippen LogP contribution in [0.15, 0.2) is 16.6 Å². The second-order valence-corrected chi connectivity index (χ2v) is 5.55. The minimum absolute atomic E-state index is 0. The van der Waals surface area contributed by atoms with Crippen LogP contribution in [0.1, 0.15) is 23.2 Å². The van der Waals surface area contributed by atoms with Gasteiger partial charge in [-0.2, -0.15) is 0 Å². The van der Waals surface area contributed by atoms with E-state index in [2.05, 4.69) is 21.2 Å². The molecule has 21 heavy (non-hydrogen) atoms. The smallest absolute Gasteiger partial charge is 0.287 e. The molecule has 1 aliphatic rings. The van der Waals surface area contributed by atoms with E-state index in [1.165, 1.54) is 0 Å². The van der Waals surface area contributed by atoms with Crippen LogP contribution in [0.3, 0.4) is 0 Å². The first-order valence-electron chi connectivity index (χ1n) is 6.07. The summed E-state index contributed by atoms with van der Waals surface area (Å²) in [5.41, 5.74) is 5.25. The van der Waals surface area contributed by atoms with E-state index in [0.717, 1.165) is 25.0 Å². The predicted octanol–water partition coefficient (Wildman–Crippen LogP) is 2.39. The Bertz CT molecular complexity index is 569. The largest absolute Gasteiger partial charge is 0.350 e. The highest BCUT2D eigenvalue weighted by molar-refractivity contribution is 9.10. The van der Waals surface area contributed by atoms with Gasteiger partial charge in [0, 0.05) is 12.6 Å². The molecule has 3 N–H and O–H groups in total. The van der Waals surface area contributed by atoms with E-state index in [0.29, 0.717) is 5.92 Å². The number of nitrogens with one attached hydrogen (secondary N) is 1. The summed E-state index contributed by atoms with van der Waals surface area (Å²) < 4.78 is 13.3. The Hall–Kier alpha value is -1.25. The van der Waals surface area contributed by atoms with Crippen molar-refractivity contribution in [1.29, 1.82) is 0 Å². The number of carbonyl (C=O) groups is 1. The number of carbonyl (C=O) groups excluding carboxylic acids is 1. The Morgan fingerprint density at radius 3 is 2.71 bits per heavy atom. The summed E-state index contributed by atoms with van der Waals surface area (Å²) in [7, 11) is 0. The van der Waals surface area contributed by atoms with Gasteiger partial charge in [-0.25, -0.2) is 4.39 Å². The molecule has 0 aliphatic heterocycles. The maximum Gasteiger partial charge on any atom is 0.287 e. The molecule has 1 unspecified atom stereocenters. The zero-order valence-electron chi connectivity index (χ0n) is 10.8. The topological polar surface area (TPSA) is 98.3 Å². The number of nitrogens with two attached hydrogens (primary N) is 1. The standard InChI is InChI=1S/C12H13BrFN3O3.ClH/c13-11-8(3-7(14)4-10(11)17(19)20)12(18)16-5-9(15)6-1-2-6;/h3-4,6,9H,1-2,5,15H2,(H,16,18);1H. The summed E-state index contributed by atoms with van der Waals surface area (Å²) in [5, 5.41) is 13.3. The number of nitrogens with zero attached hydrogens (tertiary/aromatic N) is 1. The lowest BCUT2D eigenvalue weighted by molar-refractivity contribution is -0.385. The third-order valence-electron chi connectivity index (χ3n) is 3.19. The molecule has 0 spiro atoms. The summed E-state index contributed by atoms with van der Waals surface area (Å²) in [6, 6.07) is 1.58. The number of nitro benzene ring substituents is 1. The van der Waals surface area contributed by atoms with Crippen molar-refractivity contribution in [3.8, 4) is 0 Å². The zero-order valence-corrected chi connectivity index (χ0v) is 13.2. The average molecular weight is 383 g/mol. The first-order chi connectivity index (χ1) is 9.40. The fraction of sp³-hybridized carbons (Fsp3) is 0.417. The summed E-state index contributed by atoms with van der Waals surface area (Å²) in [5.74, 6) is -1.01. The molecule has 2 rings (SSSR count). The van der Waals surface area contributed by atoms with Crippen LogP contribution >= 0.6 is 28.3 Å². The second-order valence-electron chi connectivity index (χ2n) is 4.75. The normalized spacial score (nSPS) is 15.0. The molecule has 1 amide bonds. The van der Waals surface area contributed by atoms with Crippen molar-refractivity contribution in [2.75, 3.05) is 6.54 Å². The van der Waals surface area contributed by atoms with Crippen LogP contribution in [0, 0.1) is 21.8 Å². The van der Waals surface area contributed by atoms with E-state index < -0.39 is 22.3 Å². The molecular weight excluding hydrogens is 369 g/mol. The van der Waals surface area contributed by atoms with Gasteiger partial charge in [-0.1, -0.05) is 0 Å². The van der Waals surface area contributed by atoms with Crippen molar-refractivity contribution in [3.63, 3.8) is 0 Å². The number of nitro groups is 1. The Balaban J connectivity index is 0.00000220. The quantitative estimate of drug-likeness (QED) is 0.603. The minimum Gasteiger partial charge on any atom is -0.350 e. The van der Waals surface area contributed by atoms with Crippen molar-refractivity contribution in [1.82, 2.24) is 5.32 Å². The molecule has 0 aromatic heterocycles. The number of benzene rings is 1. The Morgan fingerprint density at radius 2 is 2.19 bits per heavy atom. The monoisotopic (exact) mass is 381 g/mol. The van der Waals surface area contributed by atoms with Crippen LogP contribution in [0.5, 0.6) is 0 Å². The van der Waals surface area contributed by atoms with Gasteiger partial charge in [-0.3, -0.25) is 14.9 Å². The number of rotatable bonds is 5. The van der Waals surface area contributed by atoms with Gasteiger partial charge in [0.1, 0.15) is 10.3 Å². The van der Waals surface area contributed by atoms with E-state index in [-0.39, 0.29) is 35.0 Å². The first kappa shape index (κ1) is 17.8. The van der Waals surface area contributed by atoms with Gasteiger partial charge in [-0.15, -0.1) is 12.4 Å². The van der Waals surface area contributed by atoms with E-state index >= 15 is 0 Å². The fourth-order valence-electron chi connectivity index (χ4n) is 1.87. The van der Waals surface area contributed by atoms with Crippen molar-refractivity contribution in [3.05, 3.63) is 38.1 Å². The van der Waals surface area contributed by atoms with Gasteiger partial charge in [0.05, 0.1) is 16.6 Å². The number of halogens is 3. The SMILES string of the molecule is Cl.NC(CNC(=O)c1cc(F)cc([N+](=O)[O-])c1Br)C1CC1. The molecule has 116 valence electrons. The molecule has 1 aromatic rings. The summed E-state index contributed by atoms with van der Waals surface area (Å²) in [6.07, 6.45) is 2.10. The third kappa shape index (κ3) is 4.36. The molecule has 1 fully saturated rings. The molecule has 0 saturated heterocycles. The van der Waals surface area contributed by atoms with Crippen molar-refractivity contribution in [2.45, 2.75) is 18.9 Å². The first-order valence-corrected chi connectivity index (χ1v) is 6.86. The van der Waals surface area contributed by atoms with Crippen molar-refractivity contribution in [2.24, 2.45) is 11.7 Å².